The number of Topliss-reactive ketones (excluding diaryl/α,β-unsaturated/α-hetero) is 1. The van der Waals surface area contributed by atoms with E-state index in [9.17, 15) is 22.8 Å². The molecule has 160 valence electrons. The number of alkyl halides is 3. The number of nitrogens with one attached hydrogen (secondary N) is 1. The van der Waals surface area contributed by atoms with Gasteiger partial charge in [0.1, 0.15) is 0 Å². The molecule has 0 aromatic heterocycles. The van der Waals surface area contributed by atoms with Gasteiger partial charge in [0.2, 0.25) is 5.91 Å². The number of nitrogens with zero attached hydrogens (tertiary/aromatic N) is 2. The van der Waals surface area contributed by atoms with Gasteiger partial charge < -0.3 is 10.2 Å². The van der Waals surface area contributed by atoms with Gasteiger partial charge in [-0.1, -0.05) is 18.2 Å². The third-order valence-electron chi connectivity index (χ3n) is 5.34. The molecule has 0 unspecified atom stereocenters. The van der Waals surface area contributed by atoms with Crippen molar-refractivity contribution in [2.24, 2.45) is 0 Å². The Morgan fingerprint density at radius 2 is 1.67 bits per heavy atom. The maximum Gasteiger partial charge on any atom is 0.416 e. The van der Waals surface area contributed by atoms with E-state index < -0.39 is 17.8 Å². The Balaban J connectivity index is 1.61. The quantitative estimate of drug-likeness (QED) is 0.743. The van der Waals surface area contributed by atoms with Gasteiger partial charge in [0, 0.05) is 37.4 Å². The number of hydrogen-bond acceptors (Lipinski definition) is 4. The number of benzene rings is 2. The molecule has 3 rings (SSSR count). The van der Waals surface area contributed by atoms with Crippen LogP contribution >= 0.6 is 0 Å². The molecule has 30 heavy (non-hydrogen) atoms. The molecule has 5 nitrogen and oxygen atoms in total. The Morgan fingerprint density at radius 3 is 2.30 bits per heavy atom. The maximum absolute atomic E-state index is 13.0. The van der Waals surface area contributed by atoms with Crippen LogP contribution in [0.15, 0.2) is 48.5 Å². The van der Waals surface area contributed by atoms with Crippen molar-refractivity contribution >= 4 is 23.1 Å². The summed E-state index contributed by atoms with van der Waals surface area (Å²) in [5.41, 5.74) is 0.785. The van der Waals surface area contributed by atoms with Gasteiger partial charge >= 0.3 is 6.18 Å². The molecule has 1 N–H and O–H groups in total. The number of amides is 1. The Hall–Kier alpha value is -2.87. The Morgan fingerprint density at radius 1 is 1.00 bits per heavy atom. The number of rotatable bonds is 5. The minimum atomic E-state index is -4.37. The van der Waals surface area contributed by atoms with Crippen LogP contribution in [0.25, 0.3) is 0 Å². The highest BCUT2D eigenvalue weighted by Gasteiger charge is 2.31. The van der Waals surface area contributed by atoms with E-state index in [1.807, 2.05) is 9.80 Å². The van der Waals surface area contributed by atoms with Crippen LogP contribution in [0.2, 0.25) is 0 Å². The van der Waals surface area contributed by atoms with Crippen molar-refractivity contribution in [3.8, 4) is 0 Å². The number of carbonyl (C=O) groups is 2. The summed E-state index contributed by atoms with van der Waals surface area (Å²) in [6.07, 6.45) is -4.37. The fraction of sp³-hybridized carbons (Fsp3) is 0.364. The highest BCUT2D eigenvalue weighted by atomic mass is 19.4. The molecule has 2 aromatic rings. The summed E-state index contributed by atoms with van der Waals surface area (Å²) in [7, 11) is 0. The normalized spacial score (nSPS) is 16.2. The van der Waals surface area contributed by atoms with Gasteiger partial charge in [0.15, 0.2) is 5.78 Å². The van der Waals surface area contributed by atoms with Gasteiger partial charge in [-0.15, -0.1) is 0 Å². The first-order valence-corrected chi connectivity index (χ1v) is 9.74. The first-order valence-electron chi connectivity index (χ1n) is 9.74. The molecular weight excluding hydrogens is 395 g/mol. The molecule has 1 amide bonds. The first kappa shape index (κ1) is 21.8. The Bertz CT molecular complexity index is 922. The lowest BCUT2D eigenvalue weighted by atomic mass is 10.1. The second-order valence-corrected chi connectivity index (χ2v) is 7.34. The molecule has 1 aliphatic heterocycles. The van der Waals surface area contributed by atoms with Crippen LogP contribution in [-0.2, 0) is 11.0 Å². The molecule has 1 fully saturated rings. The van der Waals surface area contributed by atoms with Crippen LogP contribution < -0.4 is 10.2 Å². The van der Waals surface area contributed by atoms with E-state index in [0.717, 1.165) is 12.1 Å². The molecular formula is C22H24F3N3O2. The summed E-state index contributed by atoms with van der Waals surface area (Å²) in [4.78, 5) is 28.3. The lowest BCUT2D eigenvalue weighted by Gasteiger charge is -2.38. The molecule has 0 spiro atoms. The van der Waals surface area contributed by atoms with E-state index in [1.54, 1.807) is 37.3 Å². The van der Waals surface area contributed by atoms with Crippen LogP contribution in [-0.4, -0.2) is 48.8 Å². The third kappa shape index (κ3) is 4.99. The van der Waals surface area contributed by atoms with E-state index in [-0.39, 0.29) is 11.7 Å². The number of anilines is 2. The zero-order valence-electron chi connectivity index (χ0n) is 16.9. The molecule has 8 heteroatoms. The van der Waals surface area contributed by atoms with Crippen molar-refractivity contribution in [1.29, 1.82) is 0 Å². The first-order chi connectivity index (χ1) is 14.2. The monoisotopic (exact) mass is 419 g/mol. The zero-order chi connectivity index (χ0) is 21.9. The molecule has 1 heterocycles. The van der Waals surface area contributed by atoms with E-state index in [1.165, 1.54) is 13.0 Å². The van der Waals surface area contributed by atoms with E-state index >= 15 is 0 Å². The summed E-state index contributed by atoms with van der Waals surface area (Å²) >= 11 is 0. The molecule has 0 radical (unpaired) electrons. The Kier molecular flexibility index (Phi) is 6.45. The molecule has 1 atom stereocenters. The lowest BCUT2D eigenvalue weighted by Crippen LogP contribution is -2.52. The van der Waals surface area contributed by atoms with Crippen molar-refractivity contribution in [3.05, 3.63) is 59.7 Å². The van der Waals surface area contributed by atoms with Gasteiger partial charge in [0.25, 0.3) is 0 Å². The summed E-state index contributed by atoms with van der Waals surface area (Å²) in [6, 6.07) is 11.7. The average molecular weight is 419 g/mol. The number of carbonyl (C=O) groups excluding carboxylic acids is 2. The SMILES string of the molecule is CC(=O)c1ccccc1NC(=O)[C@H](C)N1CCN(c2cccc(C(F)(F)F)c2)CC1. The highest BCUT2D eigenvalue weighted by molar-refractivity contribution is 6.04. The van der Waals surface area contributed by atoms with Gasteiger partial charge in [-0.05, 0) is 44.2 Å². The van der Waals surface area contributed by atoms with E-state index in [4.69, 9.17) is 0 Å². The number of ketones is 1. The summed E-state index contributed by atoms with van der Waals surface area (Å²) < 4.78 is 38.9. The van der Waals surface area contributed by atoms with Crippen LogP contribution in [0, 0.1) is 0 Å². The zero-order valence-corrected chi connectivity index (χ0v) is 16.9. The molecule has 0 saturated carbocycles. The largest absolute Gasteiger partial charge is 0.416 e. The smallest absolute Gasteiger partial charge is 0.369 e. The van der Waals surface area contributed by atoms with E-state index in [2.05, 4.69) is 5.32 Å². The molecule has 2 aromatic carbocycles. The minimum Gasteiger partial charge on any atom is -0.369 e. The van der Waals surface area contributed by atoms with Crippen LogP contribution in [0.3, 0.4) is 0 Å². The number of hydrogen-bond donors (Lipinski definition) is 1. The van der Waals surface area contributed by atoms with Crippen molar-refractivity contribution in [2.75, 3.05) is 36.4 Å². The topological polar surface area (TPSA) is 52.7 Å². The maximum atomic E-state index is 13.0. The van der Waals surface area contributed by atoms with Crippen LogP contribution in [0.5, 0.6) is 0 Å². The third-order valence-corrected chi connectivity index (χ3v) is 5.34. The highest BCUT2D eigenvalue weighted by Crippen LogP contribution is 2.32. The lowest BCUT2D eigenvalue weighted by molar-refractivity contribution is -0.137. The van der Waals surface area contributed by atoms with Gasteiger partial charge in [0.05, 0.1) is 17.3 Å². The number of piperazine rings is 1. The predicted molar refractivity (Wildman–Crippen MR) is 110 cm³/mol. The fourth-order valence-corrected chi connectivity index (χ4v) is 3.55. The van der Waals surface area contributed by atoms with Gasteiger partial charge in [-0.2, -0.15) is 13.2 Å². The summed E-state index contributed by atoms with van der Waals surface area (Å²) in [5, 5.41) is 2.82. The van der Waals surface area contributed by atoms with Crippen molar-refractivity contribution in [3.63, 3.8) is 0 Å². The predicted octanol–water partition coefficient (Wildman–Crippen LogP) is 4.06. The fourth-order valence-electron chi connectivity index (χ4n) is 3.55. The van der Waals surface area contributed by atoms with E-state index in [0.29, 0.717) is 43.1 Å². The number of halogens is 3. The standard InChI is InChI=1S/C22H24F3N3O2/c1-15(21(30)26-20-9-4-3-8-19(20)16(2)29)27-10-12-28(13-11-27)18-7-5-6-17(14-18)22(23,24)25/h3-9,14-15H,10-13H2,1-2H3,(H,26,30)/t15-/m0/s1. The van der Waals surface area contributed by atoms with Crippen LogP contribution in [0.4, 0.5) is 24.5 Å². The van der Waals surface area contributed by atoms with Crippen molar-refractivity contribution < 1.29 is 22.8 Å². The summed E-state index contributed by atoms with van der Waals surface area (Å²) in [5.74, 6) is -0.357. The van der Waals surface area contributed by atoms with Gasteiger partial charge in [-0.25, -0.2) is 0 Å². The molecule has 0 bridgehead atoms. The number of para-hydroxylation sites is 1. The van der Waals surface area contributed by atoms with Gasteiger partial charge in [-0.3, -0.25) is 14.5 Å². The molecule has 1 aliphatic rings. The second kappa shape index (κ2) is 8.87. The van der Waals surface area contributed by atoms with Crippen LogP contribution in [0.1, 0.15) is 29.8 Å². The van der Waals surface area contributed by atoms with Crippen molar-refractivity contribution in [1.82, 2.24) is 4.90 Å². The Labute approximate surface area is 173 Å². The molecule has 1 saturated heterocycles. The second-order valence-electron chi connectivity index (χ2n) is 7.34. The average Bonchev–Trinajstić information content (AvgIpc) is 2.73. The summed E-state index contributed by atoms with van der Waals surface area (Å²) in [6.45, 7) is 5.34. The minimum absolute atomic E-state index is 0.131. The molecule has 0 aliphatic carbocycles. The van der Waals surface area contributed by atoms with Crippen molar-refractivity contribution in [2.45, 2.75) is 26.1 Å².